The van der Waals surface area contributed by atoms with E-state index in [4.69, 9.17) is 9.47 Å². The Labute approximate surface area is 155 Å². The second-order valence-electron chi connectivity index (χ2n) is 5.83. The number of carbonyl (C=O) groups excluding carboxylic acids is 1. The fraction of sp³-hybridized carbons (Fsp3) is 0.250. The highest BCUT2D eigenvalue weighted by molar-refractivity contribution is 5.92. The maximum absolute atomic E-state index is 12.7. The van der Waals surface area contributed by atoms with Gasteiger partial charge in [-0.2, -0.15) is 8.78 Å². The van der Waals surface area contributed by atoms with Crippen LogP contribution in [-0.2, 0) is 4.79 Å². The Morgan fingerprint density at radius 2 is 2.07 bits per heavy atom. The van der Waals surface area contributed by atoms with Crippen molar-refractivity contribution in [3.8, 4) is 17.2 Å². The molecule has 1 amide bonds. The predicted molar refractivity (Wildman–Crippen MR) is 96.1 cm³/mol. The molecule has 0 unspecified atom stereocenters. The first-order valence-corrected chi connectivity index (χ1v) is 8.40. The van der Waals surface area contributed by atoms with Gasteiger partial charge in [-0.15, -0.1) is 0 Å². The molecule has 1 heterocycles. The SMILES string of the molecule is COc1cccc(/C=C/C(=O)N[C@H]2CCOc3ccccc32)c1OC(F)F. The number of para-hydroxylation sites is 2. The van der Waals surface area contributed by atoms with E-state index in [1.165, 1.54) is 25.3 Å². The van der Waals surface area contributed by atoms with E-state index in [0.717, 1.165) is 11.3 Å². The fourth-order valence-electron chi connectivity index (χ4n) is 2.92. The van der Waals surface area contributed by atoms with E-state index in [9.17, 15) is 13.6 Å². The minimum absolute atomic E-state index is 0.115. The first-order valence-electron chi connectivity index (χ1n) is 8.40. The lowest BCUT2D eigenvalue weighted by atomic mass is 10.0. The van der Waals surface area contributed by atoms with E-state index in [0.29, 0.717) is 18.6 Å². The number of fused-ring (bicyclic) bond motifs is 1. The van der Waals surface area contributed by atoms with Crippen LogP contribution in [0.2, 0.25) is 0 Å². The van der Waals surface area contributed by atoms with Crippen LogP contribution in [0.1, 0.15) is 23.6 Å². The number of carbonyl (C=O) groups is 1. The van der Waals surface area contributed by atoms with Gasteiger partial charge in [0.1, 0.15) is 5.75 Å². The first kappa shape index (κ1) is 18.7. The number of hydrogen-bond donors (Lipinski definition) is 1. The molecule has 0 fully saturated rings. The van der Waals surface area contributed by atoms with Crippen LogP contribution in [0.25, 0.3) is 6.08 Å². The Hall–Kier alpha value is -3.09. The van der Waals surface area contributed by atoms with Crippen molar-refractivity contribution in [2.45, 2.75) is 19.1 Å². The molecule has 0 saturated carbocycles. The van der Waals surface area contributed by atoms with Crippen molar-refractivity contribution < 1.29 is 27.8 Å². The van der Waals surface area contributed by atoms with Crippen LogP contribution < -0.4 is 19.5 Å². The van der Waals surface area contributed by atoms with Gasteiger partial charge >= 0.3 is 6.61 Å². The molecule has 0 radical (unpaired) electrons. The zero-order valence-corrected chi connectivity index (χ0v) is 14.7. The Morgan fingerprint density at radius 3 is 2.85 bits per heavy atom. The molecule has 1 aliphatic heterocycles. The zero-order chi connectivity index (χ0) is 19.2. The molecule has 0 saturated heterocycles. The van der Waals surface area contributed by atoms with Gasteiger partial charge in [-0.25, -0.2) is 0 Å². The van der Waals surface area contributed by atoms with Gasteiger partial charge in [-0.1, -0.05) is 30.3 Å². The molecule has 7 heteroatoms. The summed E-state index contributed by atoms with van der Waals surface area (Å²) in [5, 5.41) is 2.91. The Bertz CT molecular complexity index is 838. The normalized spacial score (nSPS) is 15.9. The molecule has 2 aromatic carbocycles. The minimum Gasteiger partial charge on any atom is -0.493 e. The van der Waals surface area contributed by atoms with Gasteiger partial charge < -0.3 is 19.5 Å². The molecular formula is C20H19F2NO4. The molecular weight excluding hydrogens is 356 g/mol. The van der Waals surface area contributed by atoms with Gasteiger partial charge in [0.05, 0.1) is 19.8 Å². The van der Waals surface area contributed by atoms with Crippen molar-refractivity contribution >= 4 is 12.0 Å². The van der Waals surface area contributed by atoms with Crippen molar-refractivity contribution in [2.24, 2.45) is 0 Å². The highest BCUT2D eigenvalue weighted by Crippen LogP contribution is 2.34. The third kappa shape index (κ3) is 4.55. The summed E-state index contributed by atoms with van der Waals surface area (Å²) < 4.78 is 40.5. The molecule has 142 valence electrons. The van der Waals surface area contributed by atoms with Crippen LogP contribution in [0.4, 0.5) is 8.78 Å². The first-order chi connectivity index (χ1) is 13.1. The number of halogens is 2. The molecule has 1 N–H and O–H groups in total. The number of nitrogens with one attached hydrogen (secondary N) is 1. The maximum atomic E-state index is 12.7. The molecule has 27 heavy (non-hydrogen) atoms. The van der Waals surface area contributed by atoms with Crippen molar-refractivity contribution in [3.63, 3.8) is 0 Å². The number of benzene rings is 2. The van der Waals surface area contributed by atoms with Gasteiger partial charge in [0.25, 0.3) is 0 Å². The summed E-state index contributed by atoms with van der Waals surface area (Å²) in [5.74, 6) is 0.452. The third-order valence-electron chi connectivity index (χ3n) is 4.13. The molecule has 0 aliphatic carbocycles. The van der Waals surface area contributed by atoms with Crippen molar-refractivity contribution in [3.05, 3.63) is 59.7 Å². The highest BCUT2D eigenvalue weighted by Gasteiger charge is 2.22. The monoisotopic (exact) mass is 375 g/mol. The third-order valence-corrected chi connectivity index (χ3v) is 4.13. The molecule has 1 aliphatic rings. The van der Waals surface area contributed by atoms with Gasteiger partial charge in [-0.3, -0.25) is 4.79 Å². The predicted octanol–water partition coefficient (Wildman–Crippen LogP) is 3.95. The Balaban J connectivity index is 1.74. The van der Waals surface area contributed by atoms with E-state index >= 15 is 0 Å². The number of hydrogen-bond acceptors (Lipinski definition) is 4. The van der Waals surface area contributed by atoms with Crippen LogP contribution in [-0.4, -0.2) is 26.2 Å². The molecule has 0 bridgehead atoms. The maximum Gasteiger partial charge on any atom is 0.387 e. The summed E-state index contributed by atoms with van der Waals surface area (Å²) in [6.07, 6.45) is 3.35. The molecule has 2 aromatic rings. The molecule has 5 nitrogen and oxygen atoms in total. The lowest BCUT2D eigenvalue weighted by Crippen LogP contribution is -2.30. The molecule has 1 atom stereocenters. The van der Waals surface area contributed by atoms with Gasteiger partial charge in [0.15, 0.2) is 11.5 Å². The van der Waals surface area contributed by atoms with Gasteiger partial charge in [0.2, 0.25) is 5.91 Å². The smallest absolute Gasteiger partial charge is 0.387 e. The van der Waals surface area contributed by atoms with Crippen LogP contribution in [0.3, 0.4) is 0 Å². The van der Waals surface area contributed by atoms with Gasteiger partial charge in [-0.05, 0) is 18.2 Å². The van der Waals surface area contributed by atoms with E-state index in [2.05, 4.69) is 10.1 Å². The van der Waals surface area contributed by atoms with Crippen LogP contribution in [0, 0.1) is 0 Å². The lowest BCUT2D eigenvalue weighted by molar-refractivity contribution is -0.117. The number of ether oxygens (including phenoxy) is 3. The van der Waals surface area contributed by atoms with Crippen molar-refractivity contribution in [1.29, 1.82) is 0 Å². The van der Waals surface area contributed by atoms with Crippen LogP contribution >= 0.6 is 0 Å². The highest BCUT2D eigenvalue weighted by atomic mass is 19.3. The zero-order valence-electron chi connectivity index (χ0n) is 14.7. The summed E-state index contributed by atoms with van der Waals surface area (Å²) in [7, 11) is 1.36. The summed E-state index contributed by atoms with van der Waals surface area (Å²) >= 11 is 0. The quantitative estimate of drug-likeness (QED) is 0.777. The topological polar surface area (TPSA) is 56.8 Å². The van der Waals surface area contributed by atoms with E-state index in [1.54, 1.807) is 12.1 Å². The number of amides is 1. The number of methoxy groups -OCH3 is 1. The van der Waals surface area contributed by atoms with Crippen LogP contribution in [0.5, 0.6) is 17.2 Å². The van der Waals surface area contributed by atoms with E-state index < -0.39 is 6.61 Å². The average molecular weight is 375 g/mol. The second kappa shape index (κ2) is 8.53. The Kier molecular flexibility index (Phi) is 5.90. The summed E-state index contributed by atoms with van der Waals surface area (Å²) in [5.41, 5.74) is 1.23. The largest absolute Gasteiger partial charge is 0.493 e. The second-order valence-corrected chi connectivity index (χ2v) is 5.83. The van der Waals surface area contributed by atoms with Gasteiger partial charge in [0, 0.05) is 23.6 Å². The Morgan fingerprint density at radius 1 is 1.26 bits per heavy atom. The molecule has 0 aromatic heterocycles. The number of alkyl halides is 2. The fourth-order valence-corrected chi connectivity index (χ4v) is 2.92. The van der Waals surface area contributed by atoms with Crippen molar-refractivity contribution in [1.82, 2.24) is 5.32 Å². The number of rotatable bonds is 6. The summed E-state index contributed by atoms with van der Waals surface area (Å²) in [4.78, 5) is 12.3. The standard InChI is InChI=1S/C20H19F2NO4/c1-25-17-8-4-5-13(19(17)27-20(21)22)9-10-18(24)23-15-11-12-26-16-7-3-2-6-14(15)16/h2-10,15,20H,11-12H2,1H3,(H,23,24)/b10-9+/t15-/m0/s1. The molecule has 0 spiro atoms. The molecule has 3 rings (SSSR count). The minimum atomic E-state index is -3.00. The average Bonchev–Trinajstić information content (AvgIpc) is 2.67. The van der Waals surface area contributed by atoms with Crippen molar-refractivity contribution in [2.75, 3.05) is 13.7 Å². The van der Waals surface area contributed by atoms with E-state index in [1.807, 2.05) is 24.3 Å². The van der Waals surface area contributed by atoms with E-state index in [-0.39, 0.29) is 23.4 Å². The lowest BCUT2D eigenvalue weighted by Gasteiger charge is -2.26. The summed E-state index contributed by atoms with van der Waals surface area (Å²) in [6, 6.07) is 12.0. The summed E-state index contributed by atoms with van der Waals surface area (Å²) in [6.45, 7) is -2.49. The van der Waals surface area contributed by atoms with Crippen LogP contribution in [0.15, 0.2) is 48.5 Å².